The second-order valence-electron chi connectivity index (χ2n) is 5.18. The zero-order chi connectivity index (χ0) is 13.1. The Hall–Kier alpha value is -1.25. The summed E-state index contributed by atoms with van der Waals surface area (Å²) in [7, 11) is 0. The van der Waals surface area contributed by atoms with E-state index in [9.17, 15) is 13.6 Å². The number of ketones is 1. The molecule has 17 heavy (non-hydrogen) atoms. The summed E-state index contributed by atoms with van der Waals surface area (Å²) in [5.41, 5.74) is 1.67. The standard InChI is InChI=1S/C14H18F2O/c1-14(2,3)11-6-4-10(5-7-11)12(17)8-9-13(15)16/h4-7,13H,8-9H2,1-3H3. The van der Waals surface area contributed by atoms with Gasteiger partial charge < -0.3 is 0 Å². The van der Waals surface area contributed by atoms with Crippen LogP contribution in [0.15, 0.2) is 24.3 Å². The summed E-state index contributed by atoms with van der Waals surface area (Å²) < 4.78 is 24.0. The normalized spacial score (nSPS) is 11.9. The third kappa shape index (κ3) is 4.25. The average Bonchev–Trinajstić information content (AvgIpc) is 2.25. The highest BCUT2D eigenvalue weighted by Gasteiger charge is 2.15. The molecule has 0 bridgehead atoms. The number of carbonyl (C=O) groups is 1. The third-order valence-electron chi connectivity index (χ3n) is 2.66. The van der Waals surface area contributed by atoms with E-state index in [4.69, 9.17) is 0 Å². The van der Waals surface area contributed by atoms with Gasteiger partial charge in [-0.3, -0.25) is 4.79 Å². The predicted octanol–water partition coefficient (Wildman–Crippen LogP) is 4.21. The van der Waals surface area contributed by atoms with Crippen molar-refractivity contribution < 1.29 is 13.6 Å². The topological polar surface area (TPSA) is 17.1 Å². The molecule has 1 nitrogen and oxygen atoms in total. The first-order chi connectivity index (χ1) is 7.80. The first kappa shape index (κ1) is 13.8. The Kier molecular flexibility index (Phi) is 4.38. The molecule has 0 saturated carbocycles. The van der Waals surface area contributed by atoms with Crippen molar-refractivity contribution in [3.8, 4) is 0 Å². The van der Waals surface area contributed by atoms with Gasteiger partial charge in [0.25, 0.3) is 0 Å². The molecule has 0 amide bonds. The van der Waals surface area contributed by atoms with Crippen molar-refractivity contribution in [2.75, 3.05) is 0 Å². The van der Waals surface area contributed by atoms with E-state index in [1.54, 1.807) is 12.1 Å². The van der Waals surface area contributed by atoms with Crippen molar-refractivity contribution in [3.05, 3.63) is 35.4 Å². The number of benzene rings is 1. The van der Waals surface area contributed by atoms with Crippen LogP contribution < -0.4 is 0 Å². The van der Waals surface area contributed by atoms with Gasteiger partial charge in [0.05, 0.1) is 0 Å². The molecule has 0 fully saturated rings. The van der Waals surface area contributed by atoms with E-state index < -0.39 is 6.43 Å². The second-order valence-corrected chi connectivity index (χ2v) is 5.18. The first-order valence-electron chi connectivity index (χ1n) is 5.72. The molecule has 0 N–H and O–H groups in total. The Morgan fingerprint density at radius 1 is 1.18 bits per heavy atom. The summed E-state index contributed by atoms with van der Waals surface area (Å²) in [6.07, 6.45) is -2.86. The van der Waals surface area contributed by atoms with Crippen molar-refractivity contribution in [2.45, 2.75) is 45.5 Å². The summed E-state index contributed by atoms with van der Waals surface area (Å²) in [4.78, 5) is 11.6. The highest BCUT2D eigenvalue weighted by atomic mass is 19.3. The lowest BCUT2D eigenvalue weighted by Gasteiger charge is -2.18. The minimum Gasteiger partial charge on any atom is -0.294 e. The molecule has 0 aliphatic carbocycles. The molecule has 94 valence electrons. The summed E-state index contributed by atoms with van der Waals surface area (Å²) in [5, 5.41) is 0. The molecule has 0 heterocycles. The molecule has 3 heteroatoms. The Bertz CT molecular complexity index is 374. The Morgan fingerprint density at radius 2 is 1.71 bits per heavy atom. The SMILES string of the molecule is CC(C)(C)c1ccc(C(=O)CCC(F)F)cc1. The first-order valence-corrected chi connectivity index (χ1v) is 5.72. The van der Waals surface area contributed by atoms with Gasteiger partial charge >= 0.3 is 0 Å². The number of Topliss-reactive ketones (excluding diaryl/α,β-unsaturated/α-hetero) is 1. The molecule has 0 aromatic heterocycles. The van der Waals surface area contributed by atoms with Crippen LogP contribution in [0.4, 0.5) is 8.78 Å². The van der Waals surface area contributed by atoms with E-state index in [0.29, 0.717) is 5.56 Å². The fourth-order valence-corrected chi connectivity index (χ4v) is 1.54. The number of rotatable bonds is 4. The lowest BCUT2D eigenvalue weighted by atomic mass is 9.86. The second kappa shape index (κ2) is 5.39. The zero-order valence-electron chi connectivity index (χ0n) is 10.5. The molecule has 0 aliphatic heterocycles. The maximum atomic E-state index is 12.0. The summed E-state index contributed by atoms with van der Waals surface area (Å²) >= 11 is 0. The molecule has 0 saturated heterocycles. The van der Waals surface area contributed by atoms with Crippen LogP contribution in [0.1, 0.15) is 49.5 Å². The number of hydrogen-bond acceptors (Lipinski definition) is 1. The van der Waals surface area contributed by atoms with Crippen LogP contribution in [-0.4, -0.2) is 12.2 Å². The molecular formula is C14H18F2O. The molecular weight excluding hydrogens is 222 g/mol. The van der Waals surface area contributed by atoms with Gasteiger partial charge in [-0.05, 0) is 11.0 Å². The van der Waals surface area contributed by atoms with E-state index >= 15 is 0 Å². The van der Waals surface area contributed by atoms with Crippen LogP contribution in [0, 0.1) is 0 Å². The Morgan fingerprint density at radius 3 is 2.12 bits per heavy atom. The molecule has 1 rings (SSSR count). The van der Waals surface area contributed by atoms with E-state index in [1.807, 2.05) is 12.1 Å². The molecule has 0 atom stereocenters. The maximum Gasteiger partial charge on any atom is 0.239 e. The molecule has 1 aromatic rings. The van der Waals surface area contributed by atoms with Gasteiger partial charge in [-0.15, -0.1) is 0 Å². The van der Waals surface area contributed by atoms with Crippen LogP contribution in [0.25, 0.3) is 0 Å². The van der Waals surface area contributed by atoms with Crippen LogP contribution in [-0.2, 0) is 5.41 Å². The Balaban J connectivity index is 2.71. The quantitative estimate of drug-likeness (QED) is 0.720. The van der Waals surface area contributed by atoms with Gasteiger partial charge in [0.15, 0.2) is 5.78 Å². The lowest BCUT2D eigenvalue weighted by molar-refractivity contribution is 0.0909. The summed E-state index contributed by atoms with van der Waals surface area (Å²) in [6, 6.07) is 7.20. The molecule has 0 radical (unpaired) electrons. The van der Waals surface area contributed by atoms with Gasteiger partial charge in [-0.1, -0.05) is 45.0 Å². The molecule has 0 unspecified atom stereocenters. The highest BCUT2D eigenvalue weighted by Crippen LogP contribution is 2.22. The van der Waals surface area contributed by atoms with Gasteiger partial charge in [0.1, 0.15) is 0 Å². The van der Waals surface area contributed by atoms with Crippen LogP contribution in [0.3, 0.4) is 0 Å². The Labute approximate surface area is 101 Å². The van der Waals surface area contributed by atoms with Gasteiger partial charge in [-0.2, -0.15) is 0 Å². The maximum absolute atomic E-state index is 12.0. The molecule has 1 aromatic carbocycles. The van der Waals surface area contributed by atoms with Gasteiger partial charge in [0.2, 0.25) is 6.43 Å². The predicted molar refractivity (Wildman–Crippen MR) is 64.7 cm³/mol. The van der Waals surface area contributed by atoms with Crippen molar-refractivity contribution in [2.24, 2.45) is 0 Å². The zero-order valence-corrected chi connectivity index (χ0v) is 10.5. The number of halogens is 2. The highest BCUT2D eigenvalue weighted by molar-refractivity contribution is 5.96. The fourth-order valence-electron chi connectivity index (χ4n) is 1.54. The smallest absolute Gasteiger partial charge is 0.239 e. The largest absolute Gasteiger partial charge is 0.294 e. The fraction of sp³-hybridized carbons (Fsp3) is 0.500. The summed E-state index contributed by atoms with van der Waals surface area (Å²) in [6.45, 7) is 6.25. The van der Waals surface area contributed by atoms with E-state index in [2.05, 4.69) is 20.8 Å². The number of alkyl halides is 2. The number of carbonyl (C=O) groups excluding carboxylic acids is 1. The average molecular weight is 240 g/mol. The molecule has 0 aliphatic rings. The summed E-state index contributed by atoms with van der Waals surface area (Å²) in [5.74, 6) is -0.217. The monoisotopic (exact) mass is 240 g/mol. The van der Waals surface area contributed by atoms with Crippen molar-refractivity contribution in [1.29, 1.82) is 0 Å². The van der Waals surface area contributed by atoms with E-state index in [0.717, 1.165) is 5.56 Å². The van der Waals surface area contributed by atoms with Gasteiger partial charge in [-0.25, -0.2) is 8.78 Å². The number of hydrogen-bond donors (Lipinski definition) is 0. The minimum atomic E-state index is -2.41. The van der Waals surface area contributed by atoms with Crippen LogP contribution in [0.2, 0.25) is 0 Å². The van der Waals surface area contributed by atoms with Crippen LogP contribution in [0.5, 0.6) is 0 Å². The van der Waals surface area contributed by atoms with Gasteiger partial charge in [0, 0.05) is 18.4 Å². The van der Waals surface area contributed by atoms with Crippen molar-refractivity contribution >= 4 is 5.78 Å². The van der Waals surface area contributed by atoms with E-state index in [-0.39, 0.29) is 24.0 Å². The lowest BCUT2D eigenvalue weighted by Crippen LogP contribution is -2.11. The van der Waals surface area contributed by atoms with E-state index in [1.165, 1.54) is 0 Å². The minimum absolute atomic E-state index is 0.0323. The van der Waals surface area contributed by atoms with Crippen molar-refractivity contribution in [3.63, 3.8) is 0 Å². The van der Waals surface area contributed by atoms with Crippen LogP contribution >= 0.6 is 0 Å². The third-order valence-corrected chi connectivity index (χ3v) is 2.66. The molecule has 0 spiro atoms. The van der Waals surface area contributed by atoms with Crippen molar-refractivity contribution in [1.82, 2.24) is 0 Å².